The number of benzene rings is 3. The average Bonchev–Trinajstić information content (AvgIpc) is 2.82. The van der Waals surface area contributed by atoms with Crippen molar-refractivity contribution in [2.75, 3.05) is 30.4 Å². The van der Waals surface area contributed by atoms with Gasteiger partial charge in [0.05, 0.1) is 35.4 Å². The molecule has 0 aliphatic heterocycles. The zero-order valence-corrected chi connectivity index (χ0v) is 21.0. The van der Waals surface area contributed by atoms with Crippen LogP contribution in [0, 0.1) is 6.92 Å². The number of halogens is 4. The van der Waals surface area contributed by atoms with Crippen molar-refractivity contribution < 1.29 is 35.9 Å². The third-order valence-corrected chi connectivity index (χ3v) is 7.22. The Morgan fingerprint density at radius 1 is 0.972 bits per heavy atom. The number of sulfonamides is 1. The van der Waals surface area contributed by atoms with E-state index in [2.05, 4.69) is 5.32 Å². The van der Waals surface area contributed by atoms with Gasteiger partial charge in [0.15, 0.2) is 11.5 Å². The summed E-state index contributed by atoms with van der Waals surface area (Å²) in [7, 11) is -1.60. The van der Waals surface area contributed by atoms with E-state index < -0.39 is 39.2 Å². The van der Waals surface area contributed by atoms with Gasteiger partial charge in [-0.1, -0.05) is 29.3 Å². The number of methoxy groups -OCH3 is 2. The average molecular weight is 543 g/mol. The predicted molar refractivity (Wildman–Crippen MR) is 130 cm³/mol. The van der Waals surface area contributed by atoms with Gasteiger partial charge >= 0.3 is 6.18 Å². The Bertz CT molecular complexity index is 1360. The van der Waals surface area contributed by atoms with Gasteiger partial charge in [-0.3, -0.25) is 9.10 Å². The summed E-state index contributed by atoms with van der Waals surface area (Å²) in [6.07, 6.45) is -4.84. The van der Waals surface area contributed by atoms with Crippen LogP contribution < -0.4 is 19.1 Å². The molecule has 0 unspecified atom stereocenters. The van der Waals surface area contributed by atoms with Crippen LogP contribution in [0.1, 0.15) is 11.1 Å². The van der Waals surface area contributed by atoms with E-state index >= 15 is 0 Å². The van der Waals surface area contributed by atoms with Gasteiger partial charge in [-0.2, -0.15) is 13.2 Å². The highest BCUT2D eigenvalue weighted by Crippen LogP contribution is 2.38. The van der Waals surface area contributed by atoms with E-state index in [1.807, 2.05) is 0 Å². The van der Waals surface area contributed by atoms with Crippen LogP contribution >= 0.6 is 11.6 Å². The number of aryl methyl sites for hydroxylation is 1. The lowest BCUT2D eigenvalue weighted by atomic mass is 10.2. The van der Waals surface area contributed by atoms with E-state index in [4.69, 9.17) is 21.1 Å². The molecule has 1 N–H and O–H groups in total. The fourth-order valence-corrected chi connectivity index (χ4v) is 4.92. The Morgan fingerprint density at radius 2 is 1.61 bits per heavy atom. The second-order valence-electron chi connectivity index (χ2n) is 7.60. The summed E-state index contributed by atoms with van der Waals surface area (Å²) in [5.74, 6) is -0.0895. The Kier molecular flexibility index (Phi) is 8.05. The maximum atomic E-state index is 13.5. The standard InChI is InChI=1S/C24H22ClF3N2O5S/c1-15-4-8-18(9-5-15)36(32,33)30(17-7-10-20(25)19(13-17)24(26,27)28)14-23(31)29-16-6-11-21(34-2)22(12-16)35-3/h4-13H,14H2,1-3H3,(H,29,31). The van der Waals surface area contributed by atoms with Crippen molar-refractivity contribution in [1.82, 2.24) is 0 Å². The Morgan fingerprint density at radius 3 is 2.19 bits per heavy atom. The molecule has 0 spiro atoms. The number of ether oxygens (including phenoxy) is 2. The minimum absolute atomic E-state index is 0.199. The van der Waals surface area contributed by atoms with Crippen LogP contribution in [0.2, 0.25) is 5.02 Å². The molecule has 192 valence electrons. The van der Waals surface area contributed by atoms with Crippen molar-refractivity contribution in [3.05, 3.63) is 76.8 Å². The largest absolute Gasteiger partial charge is 0.493 e. The van der Waals surface area contributed by atoms with Crippen molar-refractivity contribution in [3.63, 3.8) is 0 Å². The number of amides is 1. The van der Waals surface area contributed by atoms with Crippen LogP contribution in [0.4, 0.5) is 24.5 Å². The van der Waals surface area contributed by atoms with E-state index in [9.17, 15) is 26.4 Å². The quantitative estimate of drug-likeness (QED) is 0.405. The first kappa shape index (κ1) is 27.2. The number of anilines is 2. The third-order valence-electron chi connectivity index (χ3n) is 5.11. The molecule has 36 heavy (non-hydrogen) atoms. The summed E-state index contributed by atoms with van der Waals surface area (Å²) in [5.41, 5.74) is -0.573. The molecule has 3 rings (SSSR count). The van der Waals surface area contributed by atoms with Gasteiger partial charge in [0.25, 0.3) is 10.0 Å². The smallest absolute Gasteiger partial charge is 0.417 e. The summed E-state index contributed by atoms with van der Waals surface area (Å²) in [4.78, 5) is 12.7. The number of hydrogen-bond donors (Lipinski definition) is 1. The molecule has 0 aliphatic rings. The zero-order chi connectivity index (χ0) is 26.7. The number of hydrogen-bond acceptors (Lipinski definition) is 5. The summed E-state index contributed by atoms with van der Waals surface area (Å²) in [6.45, 7) is 0.934. The van der Waals surface area contributed by atoms with Gasteiger partial charge < -0.3 is 14.8 Å². The molecular weight excluding hydrogens is 521 g/mol. The second-order valence-corrected chi connectivity index (χ2v) is 9.87. The van der Waals surface area contributed by atoms with Crippen LogP contribution in [0.15, 0.2) is 65.6 Å². The van der Waals surface area contributed by atoms with Crippen molar-refractivity contribution in [2.24, 2.45) is 0 Å². The van der Waals surface area contributed by atoms with Crippen LogP contribution in [0.3, 0.4) is 0 Å². The number of alkyl halides is 3. The van der Waals surface area contributed by atoms with Crippen molar-refractivity contribution in [1.29, 1.82) is 0 Å². The Hall–Kier alpha value is -3.44. The van der Waals surface area contributed by atoms with Crippen LogP contribution in [-0.2, 0) is 21.0 Å². The molecule has 12 heteroatoms. The van der Waals surface area contributed by atoms with Gasteiger partial charge in [-0.05, 0) is 49.4 Å². The number of nitrogens with one attached hydrogen (secondary N) is 1. The van der Waals surface area contributed by atoms with Gasteiger partial charge in [0.1, 0.15) is 6.54 Å². The molecule has 1 amide bonds. The maximum absolute atomic E-state index is 13.5. The molecule has 0 atom stereocenters. The molecule has 0 fully saturated rings. The van der Waals surface area contributed by atoms with E-state index in [0.717, 1.165) is 17.7 Å². The summed E-state index contributed by atoms with van der Waals surface area (Å²) < 4.78 is 78.3. The fourth-order valence-electron chi connectivity index (χ4n) is 3.28. The minimum Gasteiger partial charge on any atom is -0.493 e. The normalized spacial score (nSPS) is 11.6. The van der Waals surface area contributed by atoms with Gasteiger partial charge in [0.2, 0.25) is 5.91 Å². The maximum Gasteiger partial charge on any atom is 0.417 e. The first-order valence-electron chi connectivity index (χ1n) is 10.3. The number of nitrogens with zero attached hydrogens (tertiary/aromatic N) is 1. The van der Waals surface area contributed by atoms with Crippen molar-refractivity contribution in [2.45, 2.75) is 18.0 Å². The third kappa shape index (κ3) is 6.03. The molecule has 0 radical (unpaired) electrons. The SMILES string of the molecule is COc1ccc(NC(=O)CN(c2ccc(Cl)c(C(F)(F)F)c2)S(=O)(=O)c2ccc(C)cc2)cc1OC. The zero-order valence-electron chi connectivity index (χ0n) is 19.4. The number of carbonyl (C=O) groups excluding carboxylic acids is 1. The van der Waals surface area contributed by atoms with Gasteiger partial charge in [-0.15, -0.1) is 0 Å². The molecule has 0 aromatic heterocycles. The van der Waals surface area contributed by atoms with E-state index in [-0.39, 0.29) is 16.3 Å². The lowest BCUT2D eigenvalue weighted by molar-refractivity contribution is -0.137. The Labute approximate surface area is 211 Å². The highest BCUT2D eigenvalue weighted by Gasteiger charge is 2.35. The van der Waals surface area contributed by atoms with Gasteiger partial charge in [-0.25, -0.2) is 8.42 Å². The van der Waals surface area contributed by atoms with Crippen LogP contribution in [-0.4, -0.2) is 35.1 Å². The highest BCUT2D eigenvalue weighted by molar-refractivity contribution is 7.92. The topological polar surface area (TPSA) is 84.9 Å². The van der Waals surface area contributed by atoms with E-state index in [1.54, 1.807) is 6.92 Å². The predicted octanol–water partition coefficient (Wildman–Crippen LogP) is 5.52. The molecule has 3 aromatic rings. The number of carbonyl (C=O) groups is 1. The fraction of sp³-hybridized carbons (Fsp3) is 0.208. The van der Waals surface area contributed by atoms with Crippen molar-refractivity contribution in [3.8, 4) is 11.5 Å². The molecule has 0 aliphatic carbocycles. The van der Waals surface area contributed by atoms with E-state index in [1.165, 1.54) is 56.7 Å². The summed E-state index contributed by atoms with van der Waals surface area (Å²) >= 11 is 5.71. The summed E-state index contributed by atoms with van der Waals surface area (Å²) in [5, 5.41) is 1.93. The molecule has 7 nitrogen and oxygen atoms in total. The molecule has 0 heterocycles. The monoisotopic (exact) mass is 542 g/mol. The highest BCUT2D eigenvalue weighted by atomic mass is 35.5. The lowest BCUT2D eigenvalue weighted by Crippen LogP contribution is -2.38. The molecule has 0 saturated heterocycles. The first-order valence-corrected chi connectivity index (χ1v) is 12.2. The molecule has 0 bridgehead atoms. The van der Waals surface area contributed by atoms with Gasteiger partial charge in [0, 0.05) is 11.8 Å². The summed E-state index contributed by atoms with van der Waals surface area (Å²) in [6, 6.07) is 12.8. The number of rotatable bonds is 8. The van der Waals surface area contributed by atoms with Crippen LogP contribution in [0.5, 0.6) is 11.5 Å². The minimum atomic E-state index is -4.84. The molecule has 0 saturated carbocycles. The first-order chi connectivity index (χ1) is 16.9. The molecular formula is C24H22ClF3N2O5S. The Balaban J connectivity index is 2.02. The second kappa shape index (κ2) is 10.7. The molecule has 3 aromatic carbocycles. The van der Waals surface area contributed by atoms with Crippen LogP contribution in [0.25, 0.3) is 0 Å². The van der Waals surface area contributed by atoms with Crippen molar-refractivity contribution >= 4 is 38.9 Å². The van der Waals surface area contributed by atoms with E-state index in [0.29, 0.717) is 21.9 Å². The lowest BCUT2D eigenvalue weighted by Gasteiger charge is -2.25.